The second kappa shape index (κ2) is 4.72. The first-order valence-corrected chi connectivity index (χ1v) is 4.27. The molecular formula is C10H14O4. The SMILES string of the molecule is COc1cc(CCO)cc(OC)c1O. The quantitative estimate of drug-likeness (QED) is 0.756. The van der Waals surface area contributed by atoms with Crippen LogP contribution in [0.1, 0.15) is 5.56 Å². The van der Waals surface area contributed by atoms with Crippen LogP contribution >= 0.6 is 0 Å². The molecule has 1 rings (SSSR count). The van der Waals surface area contributed by atoms with Gasteiger partial charge in [-0.3, -0.25) is 0 Å². The Morgan fingerprint density at radius 2 is 1.64 bits per heavy atom. The van der Waals surface area contributed by atoms with Gasteiger partial charge in [0.2, 0.25) is 5.75 Å². The predicted octanol–water partition coefficient (Wildman–Crippen LogP) is 0.944. The molecule has 0 unspecified atom stereocenters. The molecule has 0 spiro atoms. The minimum Gasteiger partial charge on any atom is -0.502 e. The smallest absolute Gasteiger partial charge is 0.200 e. The number of aromatic hydroxyl groups is 1. The summed E-state index contributed by atoms with van der Waals surface area (Å²) in [5.41, 5.74) is 0.860. The van der Waals surface area contributed by atoms with Crippen molar-refractivity contribution in [3.05, 3.63) is 17.7 Å². The Bertz CT molecular complexity index is 284. The average molecular weight is 198 g/mol. The molecule has 2 N–H and O–H groups in total. The molecule has 4 heteroatoms. The van der Waals surface area contributed by atoms with Crippen LogP contribution in [0.4, 0.5) is 0 Å². The summed E-state index contributed by atoms with van der Waals surface area (Å²) < 4.78 is 9.93. The molecule has 0 saturated heterocycles. The fourth-order valence-electron chi connectivity index (χ4n) is 1.22. The molecule has 0 heterocycles. The Hall–Kier alpha value is -1.42. The summed E-state index contributed by atoms with van der Waals surface area (Å²) in [5, 5.41) is 18.3. The molecule has 78 valence electrons. The van der Waals surface area contributed by atoms with Crippen molar-refractivity contribution in [2.75, 3.05) is 20.8 Å². The Morgan fingerprint density at radius 3 is 2.00 bits per heavy atom. The molecule has 1 aromatic carbocycles. The van der Waals surface area contributed by atoms with E-state index in [9.17, 15) is 5.11 Å². The van der Waals surface area contributed by atoms with E-state index in [0.717, 1.165) is 5.56 Å². The molecule has 0 aliphatic heterocycles. The summed E-state index contributed by atoms with van der Waals surface area (Å²) in [6.45, 7) is 0.0527. The van der Waals surface area contributed by atoms with E-state index in [2.05, 4.69) is 0 Å². The van der Waals surface area contributed by atoms with E-state index in [1.54, 1.807) is 12.1 Å². The molecule has 14 heavy (non-hydrogen) atoms. The molecule has 0 bridgehead atoms. The number of ether oxygens (including phenoxy) is 2. The molecule has 4 nitrogen and oxygen atoms in total. The largest absolute Gasteiger partial charge is 0.502 e. The van der Waals surface area contributed by atoms with Gasteiger partial charge in [-0.15, -0.1) is 0 Å². The van der Waals surface area contributed by atoms with Crippen molar-refractivity contribution in [1.29, 1.82) is 0 Å². The molecule has 0 atom stereocenters. The van der Waals surface area contributed by atoms with Gasteiger partial charge in [-0.2, -0.15) is 0 Å². The second-order valence-electron chi connectivity index (χ2n) is 2.82. The first-order valence-electron chi connectivity index (χ1n) is 4.27. The van der Waals surface area contributed by atoms with Crippen LogP contribution in [0.15, 0.2) is 12.1 Å². The molecule has 1 aromatic rings. The number of aliphatic hydroxyl groups is 1. The van der Waals surface area contributed by atoms with Crippen LogP contribution in [0.5, 0.6) is 17.2 Å². The van der Waals surface area contributed by atoms with E-state index in [4.69, 9.17) is 14.6 Å². The topological polar surface area (TPSA) is 58.9 Å². The lowest BCUT2D eigenvalue weighted by Gasteiger charge is -2.10. The number of hydrogen-bond donors (Lipinski definition) is 2. The molecular weight excluding hydrogens is 184 g/mol. The number of methoxy groups -OCH3 is 2. The zero-order chi connectivity index (χ0) is 10.6. The number of benzene rings is 1. The van der Waals surface area contributed by atoms with Gasteiger partial charge >= 0.3 is 0 Å². The van der Waals surface area contributed by atoms with Crippen molar-refractivity contribution in [2.45, 2.75) is 6.42 Å². The summed E-state index contributed by atoms with van der Waals surface area (Å²) in [7, 11) is 2.94. The van der Waals surface area contributed by atoms with Crippen molar-refractivity contribution in [3.8, 4) is 17.2 Å². The maximum Gasteiger partial charge on any atom is 0.200 e. The summed E-state index contributed by atoms with van der Waals surface area (Å²) in [6.07, 6.45) is 0.507. The van der Waals surface area contributed by atoms with Gasteiger partial charge in [0.1, 0.15) is 0 Å². The number of phenols is 1. The lowest BCUT2D eigenvalue weighted by atomic mass is 10.1. The molecule has 0 fully saturated rings. The first kappa shape index (κ1) is 10.7. The van der Waals surface area contributed by atoms with Crippen molar-refractivity contribution in [3.63, 3.8) is 0 Å². The summed E-state index contributed by atoms with van der Waals surface area (Å²) in [5.74, 6) is 0.692. The highest BCUT2D eigenvalue weighted by molar-refractivity contribution is 5.52. The molecule has 0 saturated carbocycles. The summed E-state index contributed by atoms with van der Waals surface area (Å²) in [6, 6.07) is 3.35. The fourth-order valence-corrected chi connectivity index (χ4v) is 1.22. The Morgan fingerprint density at radius 1 is 1.14 bits per heavy atom. The van der Waals surface area contributed by atoms with Gasteiger partial charge in [-0.05, 0) is 24.1 Å². The summed E-state index contributed by atoms with van der Waals surface area (Å²) in [4.78, 5) is 0. The van der Waals surface area contributed by atoms with Gasteiger partial charge in [0.05, 0.1) is 14.2 Å². The number of phenolic OH excluding ortho intramolecular Hbond substituents is 1. The van der Waals surface area contributed by atoms with Crippen LogP contribution in [0, 0.1) is 0 Å². The van der Waals surface area contributed by atoms with Crippen LogP contribution in [-0.2, 0) is 6.42 Å². The number of hydrogen-bond acceptors (Lipinski definition) is 4. The van der Waals surface area contributed by atoms with Crippen LogP contribution in [0.25, 0.3) is 0 Å². The molecule has 0 aromatic heterocycles. The number of rotatable bonds is 4. The van der Waals surface area contributed by atoms with E-state index >= 15 is 0 Å². The average Bonchev–Trinajstić information content (AvgIpc) is 2.20. The van der Waals surface area contributed by atoms with Crippen molar-refractivity contribution < 1.29 is 19.7 Å². The Labute approximate surface area is 82.7 Å². The first-order chi connectivity index (χ1) is 6.72. The van der Waals surface area contributed by atoms with Gasteiger partial charge in [0, 0.05) is 6.61 Å². The highest BCUT2D eigenvalue weighted by Crippen LogP contribution is 2.37. The van der Waals surface area contributed by atoms with Crippen LogP contribution in [-0.4, -0.2) is 31.0 Å². The normalized spacial score (nSPS) is 9.93. The van der Waals surface area contributed by atoms with Crippen LogP contribution < -0.4 is 9.47 Å². The third kappa shape index (κ3) is 2.09. The van der Waals surface area contributed by atoms with Crippen molar-refractivity contribution >= 4 is 0 Å². The standard InChI is InChI=1S/C10H14O4/c1-13-8-5-7(3-4-11)6-9(14-2)10(8)12/h5-6,11-12H,3-4H2,1-2H3. The number of aliphatic hydroxyl groups excluding tert-OH is 1. The van der Waals surface area contributed by atoms with E-state index < -0.39 is 0 Å². The second-order valence-corrected chi connectivity index (χ2v) is 2.82. The fraction of sp³-hybridized carbons (Fsp3) is 0.400. The highest BCUT2D eigenvalue weighted by Gasteiger charge is 2.10. The monoisotopic (exact) mass is 198 g/mol. The van der Waals surface area contributed by atoms with E-state index in [1.165, 1.54) is 14.2 Å². The van der Waals surface area contributed by atoms with Gasteiger partial charge < -0.3 is 19.7 Å². The third-order valence-corrected chi connectivity index (χ3v) is 1.94. The lowest BCUT2D eigenvalue weighted by molar-refractivity contribution is 0.298. The minimum atomic E-state index is -0.0170. The van der Waals surface area contributed by atoms with Crippen molar-refractivity contribution in [2.24, 2.45) is 0 Å². The predicted molar refractivity (Wildman–Crippen MR) is 52.0 cm³/mol. The van der Waals surface area contributed by atoms with Crippen molar-refractivity contribution in [1.82, 2.24) is 0 Å². The lowest BCUT2D eigenvalue weighted by Crippen LogP contribution is -1.95. The van der Waals surface area contributed by atoms with Crippen LogP contribution in [0.2, 0.25) is 0 Å². The maximum atomic E-state index is 9.57. The van der Waals surface area contributed by atoms with Crippen LogP contribution in [0.3, 0.4) is 0 Å². The zero-order valence-corrected chi connectivity index (χ0v) is 8.28. The zero-order valence-electron chi connectivity index (χ0n) is 8.28. The van der Waals surface area contributed by atoms with Gasteiger partial charge in [-0.1, -0.05) is 0 Å². The minimum absolute atomic E-state index is 0.0170. The molecule has 0 amide bonds. The van der Waals surface area contributed by atoms with E-state index in [-0.39, 0.29) is 12.4 Å². The van der Waals surface area contributed by atoms with Gasteiger partial charge in [0.15, 0.2) is 11.5 Å². The maximum absolute atomic E-state index is 9.57. The van der Waals surface area contributed by atoms with E-state index in [1.807, 2.05) is 0 Å². The Kier molecular flexibility index (Phi) is 3.59. The molecule has 0 aliphatic rings. The molecule has 0 aliphatic carbocycles. The summed E-state index contributed by atoms with van der Waals surface area (Å²) >= 11 is 0. The molecule has 0 radical (unpaired) electrons. The van der Waals surface area contributed by atoms with Gasteiger partial charge in [-0.25, -0.2) is 0 Å². The third-order valence-electron chi connectivity index (χ3n) is 1.94. The highest BCUT2D eigenvalue weighted by atomic mass is 16.5. The Balaban J connectivity index is 3.11. The van der Waals surface area contributed by atoms with E-state index in [0.29, 0.717) is 17.9 Å². The van der Waals surface area contributed by atoms with Gasteiger partial charge in [0.25, 0.3) is 0 Å².